The predicted octanol–water partition coefficient (Wildman–Crippen LogP) is 4.85. The first-order valence-electron chi connectivity index (χ1n) is 6.94. The zero-order valence-electron chi connectivity index (χ0n) is 11.0. The highest BCUT2D eigenvalue weighted by Gasteiger charge is 2.20. The largest absolute Gasteiger partial charge is 0.295 e. The molecular weight excluding hydrogens is 284 g/mol. The average Bonchev–Trinajstić information content (AvgIpc) is 2.43. The molecule has 0 unspecified atom stereocenters. The SMILES string of the molecule is Fc1ccc(CN(CCCl)C2CCCCC2)cc1Cl. The van der Waals surface area contributed by atoms with Gasteiger partial charge >= 0.3 is 0 Å². The fourth-order valence-electron chi connectivity index (χ4n) is 2.82. The molecule has 1 nitrogen and oxygen atoms in total. The second kappa shape index (κ2) is 7.47. The highest BCUT2D eigenvalue weighted by Crippen LogP contribution is 2.25. The van der Waals surface area contributed by atoms with Crippen LogP contribution in [0.25, 0.3) is 0 Å². The minimum Gasteiger partial charge on any atom is -0.295 e. The van der Waals surface area contributed by atoms with Crippen LogP contribution in [-0.4, -0.2) is 23.4 Å². The van der Waals surface area contributed by atoms with Crippen LogP contribution < -0.4 is 0 Å². The minimum absolute atomic E-state index is 0.201. The lowest BCUT2D eigenvalue weighted by atomic mass is 9.94. The summed E-state index contributed by atoms with van der Waals surface area (Å²) in [7, 11) is 0. The van der Waals surface area contributed by atoms with Crippen LogP contribution >= 0.6 is 23.2 Å². The number of nitrogens with zero attached hydrogens (tertiary/aromatic N) is 1. The number of rotatable bonds is 5. The van der Waals surface area contributed by atoms with E-state index in [2.05, 4.69) is 4.90 Å². The first-order chi connectivity index (χ1) is 9.20. The number of hydrogen-bond acceptors (Lipinski definition) is 1. The third-order valence-corrected chi connectivity index (χ3v) is 4.29. The monoisotopic (exact) mass is 303 g/mol. The Morgan fingerprint density at radius 2 is 1.95 bits per heavy atom. The topological polar surface area (TPSA) is 3.24 Å². The molecule has 0 aromatic heterocycles. The van der Waals surface area contributed by atoms with E-state index >= 15 is 0 Å². The first kappa shape index (κ1) is 15.1. The molecule has 1 aliphatic rings. The lowest BCUT2D eigenvalue weighted by molar-refractivity contribution is 0.157. The summed E-state index contributed by atoms with van der Waals surface area (Å²) in [5.41, 5.74) is 1.06. The highest BCUT2D eigenvalue weighted by molar-refractivity contribution is 6.30. The summed E-state index contributed by atoms with van der Waals surface area (Å²) in [5.74, 6) is 0.276. The smallest absolute Gasteiger partial charge is 0.141 e. The fourth-order valence-corrected chi connectivity index (χ4v) is 3.24. The van der Waals surface area contributed by atoms with Gasteiger partial charge in [-0.05, 0) is 30.5 Å². The van der Waals surface area contributed by atoms with Gasteiger partial charge < -0.3 is 0 Å². The van der Waals surface area contributed by atoms with Crippen molar-refractivity contribution in [2.75, 3.05) is 12.4 Å². The van der Waals surface area contributed by atoms with Crippen molar-refractivity contribution in [3.63, 3.8) is 0 Å². The quantitative estimate of drug-likeness (QED) is 0.703. The number of benzene rings is 1. The van der Waals surface area contributed by atoms with Crippen molar-refractivity contribution in [1.82, 2.24) is 4.90 Å². The Bertz CT molecular complexity index is 405. The summed E-state index contributed by atoms with van der Waals surface area (Å²) >= 11 is 11.8. The van der Waals surface area contributed by atoms with E-state index in [4.69, 9.17) is 23.2 Å². The van der Waals surface area contributed by atoms with Gasteiger partial charge in [0.2, 0.25) is 0 Å². The molecule has 0 atom stereocenters. The Hall–Kier alpha value is -0.310. The van der Waals surface area contributed by atoms with E-state index in [1.807, 2.05) is 6.07 Å². The highest BCUT2D eigenvalue weighted by atomic mass is 35.5. The predicted molar refractivity (Wildman–Crippen MR) is 79.4 cm³/mol. The van der Waals surface area contributed by atoms with E-state index < -0.39 is 0 Å². The summed E-state index contributed by atoms with van der Waals surface area (Å²) in [5, 5.41) is 0.201. The van der Waals surface area contributed by atoms with Crippen LogP contribution in [0, 0.1) is 5.82 Å². The fraction of sp³-hybridized carbons (Fsp3) is 0.600. The van der Waals surface area contributed by atoms with Crippen LogP contribution in [0.4, 0.5) is 4.39 Å². The van der Waals surface area contributed by atoms with Crippen molar-refractivity contribution in [3.8, 4) is 0 Å². The number of alkyl halides is 1. The van der Waals surface area contributed by atoms with Crippen LogP contribution in [0.5, 0.6) is 0 Å². The molecule has 0 N–H and O–H groups in total. The molecular formula is C15H20Cl2FN. The van der Waals surface area contributed by atoms with Crippen LogP contribution in [-0.2, 0) is 6.54 Å². The van der Waals surface area contributed by atoms with Crippen molar-refractivity contribution in [1.29, 1.82) is 0 Å². The van der Waals surface area contributed by atoms with Gasteiger partial charge in [0.25, 0.3) is 0 Å². The van der Waals surface area contributed by atoms with Gasteiger partial charge in [0.15, 0.2) is 0 Å². The number of hydrogen-bond donors (Lipinski definition) is 0. The van der Waals surface area contributed by atoms with E-state index in [1.165, 1.54) is 38.2 Å². The van der Waals surface area contributed by atoms with E-state index in [0.717, 1.165) is 18.7 Å². The Kier molecular flexibility index (Phi) is 5.93. The second-order valence-electron chi connectivity index (χ2n) is 5.20. The molecule has 1 aromatic rings. The van der Waals surface area contributed by atoms with Crippen LogP contribution in [0.1, 0.15) is 37.7 Å². The second-order valence-corrected chi connectivity index (χ2v) is 5.98. The molecule has 2 rings (SSSR count). The maximum absolute atomic E-state index is 13.2. The molecule has 0 saturated heterocycles. The molecule has 19 heavy (non-hydrogen) atoms. The maximum atomic E-state index is 13.2. The summed E-state index contributed by atoms with van der Waals surface area (Å²) in [6.07, 6.45) is 6.42. The molecule has 1 saturated carbocycles. The van der Waals surface area contributed by atoms with Gasteiger partial charge in [-0.3, -0.25) is 4.90 Å². The average molecular weight is 304 g/mol. The molecule has 0 radical (unpaired) electrons. The van der Waals surface area contributed by atoms with Gasteiger partial charge in [-0.2, -0.15) is 0 Å². The standard InChI is InChI=1S/C15H20Cl2FN/c16-8-9-19(13-4-2-1-3-5-13)11-12-6-7-15(18)14(17)10-12/h6-7,10,13H,1-5,8-9,11H2. The van der Waals surface area contributed by atoms with Gasteiger partial charge in [-0.1, -0.05) is 36.9 Å². The summed E-state index contributed by atoms with van der Waals surface area (Å²) in [6.45, 7) is 1.68. The molecule has 1 aliphatic carbocycles. The van der Waals surface area contributed by atoms with Crippen molar-refractivity contribution in [2.24, 2.45) is 0 Å². The van der Waals surface area contributed by atoms with E-state index in [9.17, 15) is 4.39 Å². The molecule has 0 aliphatic heterocycles. The molecule has 0 heterocycles. The van der Waals surface area contributed by atoms with Crippen molar-refractivity contribution >= 4 is 23.2 Å². The molecule has 106 valence electrons. The third-order valence-electron chi connectivity index (χ3n) is 3.83. The Balaban J connectivity index is 2.04. The van der Waals surface area contributed by atoms with Gasteiger partial charge in [-0.25, -0.2) is 4.39 Å². The van der Waals surface area contributed by atoms with Crippen LogP contribution in [0.2, 0.25) is 5.02 Å². The van der Waals surface area contributed by atoms with Gasteiger partial charge in [0, 0.05) is 25.0 Å². The van der Waals surface area contributed by atoms with Crippen LogP contribution in [0.3, 0.4) is 0 Å². The minimum atomic E-state index is -0.355. The zero-order valence-corrected chi connectivity index (χ0v) is 12.6. The molecule has 0 spiro atoms. The maximum Gasteiger partial charge on any atom is 0.141 e. The van der Waals surface area contributed by atoms with Crippen molar-refractivity contribution in [2.45, 2.75) is 44.7 Å². The van der Waals surface area contributed by atoms with Crippen molar-refractivity contribution in [3.05, 3.63) is 34.6 Å². The Morgan fingerprint density at radius 1 is 1.21 bits per heavy atom. The van der Waals surface area contributed by atoms with E-state index in [0.29, 0.717) is 11.9 Å². The van der Waals surface area contributed by atoms with Crippen LogP contribution in [0.15, 0.2) is 18.2 Å². The molecule has 0 amide bonds. The Morgan fingerprint density at radius 3 is 2.58 bits per heavy atom. The summed E-state index contributed by atoms with van der Waals surface area (Å²) in [6, 6.07) is 5.58. The zero-order chi connectivity index (χ0) is 13.7. The third kappa shape index (κ3) is 4.34. The Labute approximate surface area is 124 Å². The van der Waals surface area contributed by atoms with E-state index in [-0.39, 0.29) is 10.8 Å². The molecule has 1 fully saturated rings. The summed E-state index contributed by atoms with van der Waals surface area (Å²) in [4.78, 5) is 2.41. The number of halogens is 3. The molecule has 4 heteroatoms. The van der Waals surface area contributed by atoms with Crippen molar-refractivity contribution < 1.29 is 4.39 Å². The van der Waals surface area contributed by atoms with Gasteiger partial charge in [0.1, 0.15) is 5.82 Å². The van der Waals surface area contributed by atoms with Gasteiger partial charge in [-0.15, -0.1) is 11.6 Å². The van der Waals surface area contributed by atoms with E-state index in [1.54, 1.807) is 6.07 Å². The molecule has 0 bridgehead atoms. The lowest BCUT2D eigenvalue weighted by Gasteiger charge is -2.34. The first-order valence-corrected chi connectivity index (χ1v) is 7.86. The lowest BCUT2D eigenvalue weighted by Crippen LogP contribution is -2.37. The normalized spacial score (nSPS) is 17.1. The summed E-state index contributed by atoms with van der Waals surface area (Å²) < 4.78 is 13.2. The molecule has 1 aromatic carbocycles. The van der Waals surface area contributed by atoms with Gasteiger partial charge in [0.05, 0.1) is 5.02 Å².